The molecule has 2 aromatic rings. The maximum Gasteiger partial charge on any atom is 0.255 e. The molecule has 138 valence electrons. The lowest BCUT2D eigenvalue weighted by Crippen LogP contribution is -2.38. The van der Waals surface area contributed by atoms with Crippen LogP contribution < -0.4 is 14.8 Å². The van der Waals surface area contributed by atoms with Crippen LogP contribution in [-0.4, -0.2) is 26.2 Å². The van der Waals surface area contributed by atoms with Crippen molar-refractivity contribution >= 4 is 5.91 Å². The standard InChI is InChI=1S/C21H24FNO3/c1-25-19-8-4-6-17(20(19)26-2)21(24)23-18-7-3-5-15(18)13-14-9-11-16(22)12-10-14/h4,6,8-12,15,18H,3,5,7,13H2,1-2H3,(H,23,24)/t15-,18-/m1/s1. The Bertz CT molecular complexity index is 760. The predicted octanol–water partition coefficient (Wildman–Crippen LogP) is 3.98. The van der Waals surface area contributed by atoms with Crippen LogP contribution in [0.15, 0.2) is 42.5 Å². The SMILES string of the molecule is COc1cccc(C(=O)N[C@@H]2CCC[C@@H]2Cc2ccc(F)cc2)c1OC. The lowest BCUT2D eigenvalue weighted by Gasteiger charge is -2.22. The van der Waals surface area contributed by atoms with Crippen LogP contribution >= 0.6 is 0 Å². The van der Waals surface area contributed by atoms with Gasteiger partial charge in [-0.05, 0) is 55.0 Å². The van der Waals surface area contributed by atoms with E-state index in [1.165, 1.54) is 19.2 Å². The molecule has 4 nitrogen and oxygen atoms in total. The zero-order chi connectivity index (χ0) is 18.5. The normalized spacial score (nSPS) is 19.2. The van der Waals surface area contributed by atoms with Gasteiger partial charge in [-0.25, -0.2) is 4.39 Å². The van der Waals surface area contributed by atoms with Crippen molar-refractivity contribution < 1.29 is 18.7 Å². The van der Waals surface area contributed by atoms with Crippen LogP contribution in [0.3, 0.4) is 0 Å². The lowest BCUT2D eigenvalue weighted by molar-refractivity contribution is 0.0924. The number of carbonyl (C=O) groups is 1. The van der Waals surface area contributed by atoms with Crippen LogP contribution in [0.1, 0.15) is 35.2 Å². The van der Waals surface area contributed by atoms with E-state index < -0.39 is 0 Å². The highest BCUT2D eigenvalue weighted by Gasteiger charge is 2.30. The van der Waals surface area contributed by atoms with Crippen molar-refractivity contribution in [2.75, 3.05) is 14.2 Å². The van der Waals surface area contributed by atoms with Crippen LogP contribution in [-0.2, 0) is 6.42 Å². The fraction of sp³-hybridized carbons (Fsp3) is 0.381. The number of benzene rings is 2. The van der Waals surface area contributed by atoms with E-state index in [1.54, 1.807) is 25.3 Å². The number of amides is 1. The molecule has 2 aromatic carbocycles. The van der Waals surface area contributed by atoms with Gasteiger partial charge in [0.15, 0.2) is 11.5 Å². The summed E-state index contributed by atoms with van der Waals surface area (Å²) in [6, 6.07) is 12.0. The summed E-state index contributed by atoms with van der Waals surface area (Å²) in [4.78, 5) is 12.8. The number of methoxy groups -OCH3 is 2. The molecule has 1 aliphatic carbocycles. The smallest absolute Gasteiger partial charge is 0.255 e. The Kier molecular flexibility index (Phi) is 5.76. The van der Waals surface area contributed by atoms with Crippen molar-refractivity contribution in [3.05, 3.63) is 59.4 Å². The van der Waals surface area contributed by atoms with Crippen LogP contribution in [0.5, 0.6) is 11.5 Å². The summed E-state index contributed by atoms with van der Waals surface area (Å²) in [5.74, 6) is 0.947. The second-order valence-electron chi connectivity index (χ2n) is 6.64. The summed E-state index contributed by atoms with van der Waals surface area (Å²) in [7, 11) is 3.08. The number of nitrogens with one attached hydrogen (secondary N) is 1. The van der Waals surface area contributed by atoms with Crippen LogP contribution in [0.25, 0.3) is 0 Å². The fourth-order valence-electron chi connectivity index (χ4n) is 3.71. The Hall–Kier alpha value is -2.56. The van der Waals surface area contributed by atoms with Crippen molar-refractivity contribution in [1.82, 2.24) is 5.32 Å². The molecule has 26 heavy (non-hydrogen) atoms. The van der Waals surface area contributed by atoms with E-state index in [1.807, 2.05) is 12.1 Å². The summed E-state index contributed by atoms with van der Waals surface area (Å²) in [5.41, 5.74) is 1.57. The van der Waals surface area contributed by atoms with Crippen molar-refractivity contribution in [3.63, 3.8) is 0 Å². The first kappa shape index (κ1) is 18.2. The first-order chi connectivity index (χ1) is 12.6. The molecule has 0 saturated heterocycles. The Morgan fingerprint density at radius 2 is 1.88 bits per heavy atom. The van der Waals surface area contributed by atoms with Gasteiger partial charge < -0.3 is 14.8 Å². The van der Waals surface area contributed by atoms with E-state index in [9.17, 15) is 9.18 Å². The number of rotatable bonds is 6. The Balaban J connectivity index is 1.71. The van der Waals surface area contributed by atoms with Gasteiger partial charge in [0.1, 0.15) is 5.82 Å². The quantitative estimate of drug-likeness (QED) is 0.850. The molecule has 0 radical (unpaired) electrons. The molecule has 0 spiro atoms. The molecule has 1 N–H and O–H groups in total. The molecule has 0 bridgehead atoms. The van der Waals surface area contributed by atoms with Crippen molar-refractivity contribution in [3.8, 4) is 11.5 Å². The molecule has 1 saturated carbocycles. The highest BCUT2D eigenvalue weighted by atomic mass is 19.1. The highest BCUT2D eigenvalue weighted by molar-refractivity contribution is 5.98. The van der Waals surface area contributed by atoms with Crippen LogP contribution in [0.4, 0.5) is 4.39 Å². The number of hydrogen-bond donors (Lipinski definition) is 1. The maximum atomic E-state index is 13.1. The number of halogens is 1. The molecule has 0 heterocycles. The first-order valence-corrected chi connectivity index (χ1v) is 8.88. The van der Waals surface area contributed by atoms with E-state index in [0.29, 0.717) is 23.0 Å². The lowest BCUT2D eigenvalue weighted by atomic mass is 9.94. The van der Waals surface area contributed by atoms with Crippen molar-refractivity contribution in [1.29, 1.82) is 0 Å². The fourth-order valence-corrected chi connectivity index (χ4v) is 3.71. The number of carbonyl (C=O) groups excluding carboxylic acids is 1. The zero-order valence-electron chi connectivity index (χ0n) is 15.1. The Labute approximate surface area is 153 Å². The second-order valence-corrected chi connectivity index (χ2v) is 6.64. The third kappa shape index (κ3) is 3.98. The summed E-state index contributed by atoms with van der Waals surface area (Å²) in [5, 5.41) is 3.15. The summed E-state index contributed by atoms with van der Waals surface area (Å²) in [6.45, 7) is 0. The molecule has 0 unspecified atom stereocenters. The molecular weight excluding hydrogens is 333 g/mol. The predicted molar refractivity (Wildman–Crippen MR) is 98.2 cm³/mol. The second kappa shape index (κ2) is 8.21. The number of ether oxygens (including phenoxy) is 2. The van der Waals surface area contributed by atoms with Gasteiger partial charge in [-0.15, -0.1) is 0 Å². The molecular formula is C21H24FNO3. The molecule has 2 atom stereocenters. The molecule has 0 aliphatic heterocycles. The van der Waals surface area contributed by atoms with Crippen molar-refractivity contribution in [2.45, 2.75) is 31.7 Å². The van der Waals surface area contributed by atoms with Gasteiger partial charge in [0.2, 0.25) is 0 Å². The molecule has 1 aliphatic rings. The summed E-state index contributed by atoms with van der Waals surface area (Å²) < 4.78 is 23.7. The third-order valence-electron chi connectivity index (χ3n) is 5.03. The molecule has 1 fully saturated rings. The maximum absolute atomic E-state index is 13.1. The molecule has 0 aromatic heterocycles. The number of para-hydroxylation sites is 1. The molecule has 5 heteroatoms. The third-order valence-corrected chi connectivity index (χ3v) is 5.03. The van der Waals surface area contributed by atoms with Gasteiger partial charge in [-0.2, -0.15) is 0 Å². The highest BCUT2D eigenvalue weighted by Crippen LogP contribution is 2.32. The minimum atomic E-state index is -0.227. The Morgan fingerprint density at radius 3 is 2.58 bits per heavy atom. The van der Waals surface area contributed by atoms with Gasteiger partial charge in [-0.3, -0.25) is 4.79 Å². The van der Waals surface area contributed by atoms with E-state index in [4.69, 9.17) is 9.47 Å². The summed E-state index contributed by atoms with van der Waals surface area (Å²) in [6.07, 6.45) is 3.91. The topological polar surface area (TPSA) is 47.6 Å². The van der Waals surface area contributed by atoms with Crippen LogP contribution in [0.2, 0.25) is 0 Å². The van der Waals surface area contributed by atoms with Gasteiger partial charge in [-0.1, -0.05) is 24.6 Å². The van der Waals surface area contributed by atoms with E-state index in [2.05, 4.69) is 5.32 Å². The van der Waals surface area contributed by atoms with E-state index in [-0.39, 0.29) is 17.8 Å². The van der Waals surface area contributed by atoms with Crippen LogP contribution in [0, 0.1) is 11.7 Å². The summed E-state index contributed by atoms with van der Waals surface area (Å²) >= 11 is 0. The van der Waals surface area contributed by atoms with Gasteiger partial charge in [0.05, 0.1) is 19.8 Å². The first-order valence-electron chi connectivity index (χ1n) is 8.88. The average molecular weight is 357 g/mol. The molecule has 3 rings (SSSR count). The average Bonchev–Trinajstić information content (AvgIpc) is 3.09. The van der Waals surface area contributed by atoms with Gasteiger partial charge >= 0.3 is 0 Å². The minimum Gasteiger partial charge on any atom is -0.493 e. The largest absolute Gasteiger partial charge is 0.493 e. The van der Waals surface area contributed by atoms with E-state index in [0.717, 1.165) is 31.2 Å². The van der Waals surface area contributed by atoms with Crippen molar-refractivity contribution in [2.24, 2.45) is 5.92 Å². The zero-order valence-corrected chi connectivity index (χ0v) is 15.1. The minimum absolute atomic E-state index is 0.100. The number of hydrogen-bond acceptors (Lipinski definition) is 3. The van der Waals surface area contributed by atoms with E-state index >= 15 is 0 Å². The monoisotopic (exact) mass is 357 g/mol. The Morgan fingerprint density at radius 1 is 1.12 bits per heavy atom. The molecule has 1 amide bonds. The van der Waals surface area contributed by atoms with Gasteiger partial charge in [0, 0.05) is 6.04 Å². The van der Waals surface area contributed by atoms with Gasteiger partial charge in [0.25, 0.3) is 5.91 Å².